The number of rotatable bonds is 5. The molecule has 0 heterocycles. The van der Waals surface area contributed by atoms with Gasteiger partial charge in [0.25, 0.3) is 5.91 Å². The molecule has 0 bridgehead atoms. The lowest BCUT2D eigenvalue weighted by Gasteiger charge is -2.08. The van der Waals surface area contributed by atoms with Crippen molar-refractivity contribution in [2.75, 3.05) is 11.9 Å². The van der Waals surface area contributed by atoms with E-state index in [0.29, 0.717) is 0 Å². The number of anilines is 1. The predicted octanol–water partition coefficient (Wildman–Crippen LogP) is 4.12. The van der Waals surface area contributed by atoms with E-state index in [1.54, 1.807) is 0 Å². The third kappa shape index (κ3) is 5.33. The van der Waals surface area contributed by atoms with E-state index in [0.717, 1.165) is 24.3 Å². The van der Waals surface area contributed by atoms with Gasteiger partial charge in [0.2, 0.25) is 5.91 Å². The SMILES string of the molecule is O=C(CCNC(=O)c1ccc(F)cc1Cl)Nc1cc(F)c(I)c(F)c1. The molecule has 0 aliphatic rings. The number of hydrogen-bond acceptors (Lipinski definition) is 2. The first-order valence-electron chi connectivity index (χ1n) is 6.95. The second-order valence-corrected chi connectivity index (χ2v) is 6.42. The maximum atomic E-state index is 13.4. The van der Waals surface area contributed by atoms with Crippen LogP contribution in [0.2, 0.25) is 5.02 Å². The van der Waals surface area contributed by atoms with Gasteiger partial charge in [-0.05, 0) is 52.9 Å². The molecule has 0 spiro atoms. The van der Waals surface area contributed by atoms with Crippen molar-refractivity contribution in [3.63, 3.8) is 0 Å². The maximum Gasteiger partial charge on any atom is 0.252 e. The van der Waals surface area contributed by atoms with E-state index in [2.05, 4.69) is 10.6 Å². The van der Waals surface area contributed by atoms with E-state index in [-0.39, 0.29) is 32.8 Å². The molecule has 0 aromatic heterocycles. The summed E-state index contributed by atoms with van der Waals surface area (Å²) < 4.78 is 39.6. The van der Waals surface area contributed by atoms with Gasteiger partial charge < -0.3 is 10.6 Å². The molecule has 2 aromatic rings. The number of carbonyl (C=O) groups excluding carboxylic acids is 2. The van der Waals surface area contributed by atoms with Crippen LogP contribution in [0.15, 0.2) is 30.3 Å². The smallest absolute Gasteiger partial charge is 0.252 e. The van der Waals surface area contributed by atoms with Crippen molar-refractivity contribution in [3.05, 3.63) is 61.9 Å². The highest BCUT2D eigenvalue weighted by atomic mass is 127. The second-order valence-electron chi connectivity index (χ2n) is 4.93. The lowest BCUT2D eigenvalue weighted by Crippen LogP contribution is -2.28. The molecule has 0 radical (unpaired) electrons. The van der Waals surface area contributed by atoms with Gasteiger partial charge in [-0.3, -0.25) is 9.59 Å². The van der Waals surface area contributed by atoms with Crippen LogP contribution in [-0.4, -0.2) is 18.4 Å². The lowest BCUT2D eigenvalue weighted by molar-refractivity contribution is -0.116. The third-order valence-electron chi connectivity index (χ3n) is 3.08. The van der Waals surface area contributed by atoms with Gasteiger partial charge in [0.15, 0.2) is 0 Å². The van der Waals surface area contributed by atoms with Crippen molar-refractivity contribution >= 4 is 51.7 Å². The summed E-state index contributed by atoms with van der Waals surface area (Å²) in [7, 11) is 0. The van der Waals surface area contributed by atoms with Gasteiger partial charge in [0, 0.05) is 18.7 Å². The minimum atomic E-state index is -0.782. The van der Waals surface area contributed by atoms with Crippen LogP contribution in [0.1, 0.15) is 16.8 Å². The molecule has 2 rings (SSSR count). The van der Waals surface area contributed by atoms with Gasteiger partial charge in [-0.15, -0.1) is 0 Å². The molecule has 2 aromatic carbocycles. The summed E-state index contributed by atoms with van der Waals surface area (Å²) in [6, 6.07) is 5.32. The number of carbonyl (C=O) groups is 2. The van der Waals surface area contributed by atoms with Gasteiger partial charge in [-0.25, -0.2) is 13.2 Å². The highest BCUT2D eigenvalue weighted by Gasteiger charge is 2.13. The molecule has 0 atom stereocenters. The molecule has 25 heavy (non-hydrogen) atoms. The van der Waals surface area contributed by atoms with Crippen LogP contribution in [0, 0.1) is 21.0 Å². The maximum absolute atomic E-state index is 13.4. The quantitative estimate of drug-likeness (QED) is 0.498. The van der Waals surface area contributed by atoms with Crippen molar-refractivity contribution in [1.82, 2.24) is 5.32 Å². The summed E-state index contributed by atoms with van der Waals surface area (Å²) in [4.78, 5) is 23.7. The van der Waals surface area contributed by atoms with E-state index in [9.17, 15) is 22.8 Å². The number of nitrogens with one attached hydrogen (secondary N) is 2. The molecule has 2 amide bonds. The first-order valence-corrected chi connectivity index (χ1v) is 8.41. The summed E-state index contributed by atoms with van der Waals surface area (Å²) in [6.45, 7) is -0.0340. The molecule has 4 nitrogen and oxygen atoms in total. The van der Waals surface area contributed by atoms with Crippen LogP contribution in [0.25, 0.3) is 0 Å². The van der Waals surface area contributed by atoms with Gasteiger partial charge in [-0.2, -0.15) is 0 Å². The molecular weight excluding hydrogens is 472 g/mol. The predicted molar refractivity (Wildman–Crippen MR) is 96.1 cm³/mol. The molecule has 0 aliphatic carbocycles. The van der Waals surface area contributed by atoms with E-state index >= 15 is 0 Å². The normalized spacial score (nSPS) is 10.4. The van der Waals surface area contributed by atoms with Crippen molar-refractivity contribution in [2.45, 2.75) is 6.42 Å². The Morgan fingerprint density at radius 2 is 1.72 bits per heavy atom. The summed E-state index contributed by atoms with van der Waals surface area (Å²) in [5.41, 5.74) is 0.0542. The summed E-state index contributed by atoms with van der Waals surface area (Å²) in [5.74, 6) is -3.24. The van der Waals surface area contributed by atoms with Crippen molar-refractivity contribution < 1.29 is 22.8 Å². The van der Waals surface area contributed by atoms with E-state index in [1.807, 2.05) is 0 Å². The Bertz CT molecular complexity index is 810. The average molecular weight is 483 g/mol. The molecule has 0 unspecified atom stereocenters. The van der Waals surface area contributed by atoms with Gasteiger partial charge in [0.05, 0.1) is 14.2 Å². The highest BCUT2D eigenvalue weighted by Crippen LogP contribution is 2.20. The van der Waals surface area contributed by atoms with Crippen molar-refractivity contribution in [3.8, 4) is 0 Å². The standard InChI is InChI=1S/C16H11ClF3IN2O2/c17-11-5-8(18)1-2-10(11)16(25)22-4-3-14(24)23-9-6-12(19)15(21)13(20)7-9/h1-2,5-7H,3-4H2,(H,22,25)(H,23,24). The fraction of sp³-hybridized carbons (Fsp3) is 0.125. The first-order chi connectivity index (χ1) is 11.8. The molecule has 9 heteroatoms. The van der Waals surface area contributed by atoms with Crippen LogP contribution >= 0.6 is 34.2 Å². The van der Waals surface area contributed by atoms with Crippen LogP contribution in [-0.2, 0) is 4.79 Å². The van der Waals surface area contributed by atoms with Crippen molar-refractivity contribution in [1.29, 1.82) is 0 Å². The van der Waals surface area contributed by atoms with E-state index in [1.165, 1.54) is 28.7 Å². The van der Waals surface area contributed by atoms with Crippen LogP contribution in [0.3, 0.4) is 0 Å². The van der Waals surface area contributed by atoms with Gasteiger partial charge >= 0.3 is 0 Å². The van der Waals surface area contributed by atoms with Crippen molar-refractivity contribution in [2.24, 2.45) is 0 Å². The summed E-state index contributed by atoms with van der Waals surface area (Å²) >= 11 is 7.28. The molecule has 2 N–H and O–H groups in total. The monoisotopic (exact) mass is 482 g/mol. The molecule has 0 saturated heterocycles. The first kappa shape index (κ1) is 19.5. The fourth-order valence-corrected chi connectivity index (χ4v) is 2.47. The second kappa shape index (κ2) is 8.52. The Hall–Kier alpha value is -1.81. The Labute approximate surface area is 159 Å². The molecule has 0 aliphatic heterocycles. The minimum absolute atomic E-state index is 0.0201. The number of halogens is 5. The Morgan fingerprint density at radius 3 is 2.32 bits per heavy atom. The largest absolute Gasteiger partial charge is 0.351 e. The molecule has 132 valence electrons. The van der Waals surface area contributed by atoms with Gasteiger partial charge in [-0.1, -0.05) is 11.6 Å². The topological polar surface area (TPSA) is 58.2 Å². The number of hydrogen-bond donors (Lipinski definition) is 2. The zero-order valence-corrected chi connectivity index (χ0v) is 15.4. The Kier molecular flexibility index (Phi) is 6.65. The third-order valence-corrected chi connectivity index (χ3v) is 4.42. The molecular formula is C16H11ClF3IN2O2. The highest BCUT2D eigenvalue weighted by molar-refractivity contribution is 14.1. The number of amides is 2. The summed E-state index contributed by atoms with van der Waals surface area (Å²) in [6.07, 6.45) is -0.125. The zero-order chi connectivity index (χ0) is 18.6. The van der Waals surface area contributed by atoms with Gasteiger partial charge in [0.1, 0.15) is 17.5 Å². The minimum Gasteiger partial charge on any atom is -0.351 e. The Balaban J connectivity index is 1.87. The summed E-state index contributed by atoms with van der Waals surface area (Å²) in [5, 5.41) is 4.74. The van der Waals surface area contributed by atoms with Crippen LogP contribution < -0.4 is 10.6 Å². The Morgan fingerprint density at radius 1 is 1.08 bits per heavy atom. The van der Waals surface area contributed by atoms with E-state index in [4.69, 9.17) is 11.6 Å². The molecule has 0 saturated carbocycles. The van der Waals surface area contributed by atoms with E-state index < -0.39 is 29.3 Å². The average Bonchev–Trinajstić information content (AvgIpc) is 2.52. The molecule has 0 fully saturated rings. The van der Waals surface area contributed by atoms with Crippen LogP contribution in [0.4, 0.5) is 18.9 Å². The lowest BCUT2D eigenvalue weighted by atomic mass is 10.2. The van der Waals surface area contributed by atoms with Crippen LogP contribution in [0.5, 0.6) is 0 Å². The number of benzene rings is 2. The fourth-order valence-electron chi connectivity index (χ4n) is 1.91. The zero-order valence-electron chi connectivity index (χ0n) is 12.5.